The number of hydrogen-bond donors (Lipinski definition) is 6. The molecule has 2 amide bonds. The van der Waals surface area contributed by atoms with Crippen LogP contribution in [-0.2, 0) is 24.0 Å². The van der Waals surface area contributed by atoms with Crippen LogP contribution in [0.25, 0.3) is 0 Å². The Labute approximate surface area is 239 Å². The molecule has 8 N–H and O–H groups in total. The second-order valence-electron chi connectivity index (χ2n) is 8.73. The smallest absolute Gasteiger partial charge is 0.352 e. The fraction of sp³-hybridized carbons (Fsp3) is 0.429. The first kappa shape index (κ1) is 29.3. The van der Waals surface area contributed by atoms with E-state index in [0.29, 0.717) is 17.2 Å². The fourth-order valence-electron chi connectivity index (χ4n) is 3.78. The molecule has 4 rings (SSSR count). The Kier molecular flexibility index (Phi) is 8.66. The first-order chi connectivity index (χ1) is 18.9. The van der Waals surface area contributed by atoms with Crippen molar-refractivity contribution in [3.05, 3.63) is 22.3 Å². The van der Waals surface area contributed by atoms with Crippen LogP contribution in [0.5, 0.6) is 0 Å². The number of amides is 2. The van der Waals surface area contributed by atoms with Crippen LogP contribution in [0, 0.1) is 5.41 Å². The van der Waals surface area contributed by atoms with Crippen LogP contribution >= 0.6 is 34.9 Å². The number of thioether (sulfide) groups is 2. The molecule has 4 heterocycles. The molecule has 0 aromatic carbocycles. The molecule has 1 aromatic rings. The summed E-state index contributed by atoms with van der Waals surface area (Å²) < 4.78 is 0. The molecule has 16 nitrogen and oxygen atoms in total. The van der Waals surface area contributed by atoms with Crippen LogP contribution < -0.4 is 16.8 Å². The average molecular weight is 612 g/mol. The second-order valence-corrected chi connectivity index (χ2v) is 11.7. The number of aromatic nitrogens is 1. The van der Waals surface area contributed by atoms with Gasteiger partial charge in [0, 0.05) is 30.4 Å². The molecule has 1 fully saturated rings. The normalized spacial score (nSPS) is 23.7. The highest BCUT2D eigenvalue weighted by Gasteiger charge is 2.54. The van der Waals surface area contributed by atoms with Gasteiger partial charge in [-0.05, 0) is 12.5 Å². The van der Waals surface area contributed by atoms with Crippen molar-refractivity contribution >= 4 is 80.5 Å². The molecule has 214 valence electrons. The lowest BCUT2D eigenvalue weighted by atomic mass is 10.0. The molecule has 4 atom stereocenters. The minimum absolute atomic E-state index is 0.0198. The summed E-state index contributed by atoms with van der Waals surface area (Å²) in [6.07, 6.45) is -1.49. The number of nitrogens with one attached hydrogen (secondary N) is 2. The number of amidine groups is 2. The number of nitrogens with two attached hydrogens (primary N) is 2. The SMILES string of the molecule is CC(ON=C(C(=O)NC1C(=O)N2C(C(=O)O)=C(CSC3=NC(=N)CC(N)N3C)CS[C@@H]12)c1csc(N)n1)C(=O)O. The molecule has 3 aliphatic heterocycles. The summed E-state index contributed by atoms with van der Waals surface area (Å²) in [5.74, 6) is -3.53. The van der Waals surface area contributed by atoms with Crippen molar-refractivity contribution in [1.29, 1.82) is 5.41 Å². The molecule has 3 aliphatic rings. The van der Waals surface area contributed by atoms with Gasteiger partial charge in [0.15, 0.2) is 16.0 Å². The van der Waals surface area contributed by atoms with E-state index in [1.54, 1.807) is 11.9 Å². The van der Waals surface area contributed by atoms with Crippen molar-refractivity contribution < 1.29 is 34.2 Å². The highest BCUT2D eigenvalue weighted by Crippen LogP contribution is 2.41. The van der Waals surface area contributed by atoms with Gasteiger partial charge in [-0.25, -0.2) is 19.6 Å². The summed E-state index contributed by atoms with van der Waals surface area (Å²) in [5, 5.41) is 34.3. The first-order valence-electron chi connectivity index (χ1n) is 11.5. The molecule has 1 aromatic heterocycles. The summed E-state index contributed by atoms with van der Waals surface area (Å²) >= 11 is 3.51. The maximum Gasteiger partial charge on any atom is 0.352 e. The summed E-state index contributed by atoms with van der Waals surface area (Å²) in [5.41, 5.74) is 11.6. The third-order valence-electron chi connectivity index (χ3n) is 5.97. The number of aliphatic imine (C=N–C) groups is 1. The number of fused-ring (bicyclic) bond motifs is 1. The van der Waals surface area contributed by atoms with Crippen LogP contribution in [0.15, 0.2) is 26.8 Å². The van der Waals surface area contributed by atoms with Gasteiger partial charge in [0.05, 0.1) is 6.17 Å². The van der Waals surface area contributed by atoms with Gasteiger partial charge in [0.2, 0.25) is 6.10 Å². The minimum Gasteiger partial charge on any atom is -0.478 e. The minimum atomic E-state index is -1.37. The molecule has 19 heteroatoms. The van der Waals surface area contributed by atoms with E-state index in [1.807, 2.05) is 0 Å². The van der Waals surface area contributed by atoms with Gasteiger partial charge in [0.1, 0.15) is 28.6 Å². The number of rotatable bonds is 9. The summed E-state index contributed by atoms with van der Waals surface area (Å²) in [7, 11) is 1.73. The Morgan fingerprint density at radius 3 is 2.75 bits per heavy atom. The third kappa shape index (κ3) is 5.91. The summed E-state index contributed by atoms with van der Waals surface area (Å²) in [6, 6.07) is -1.08. The number of carbonyl (C=O) groups excluding carboxylic acids is 2. The average Bonchev–Trinajstić information content (AvgIpc) is 3.33. The van der Waals surface area contributed by atoms with Gasteiger partial charge in [-0.3, -0.25) is 19.9 Å². The molecule has 1 saturated heterocycles. The van der Waals surface area contributed by atoms with Crippen LogP contribution in [0.3, 0.4) is 0 Å². The molecule has 0 saturated carbocycles. The van der Waals surface area contributed by atoms with E-state index in [1.165, 1.54) is 35.8 Å². The maximum absolute atomic E-state index is 13.1. The number of carboxylic acids is 2. The van der Waals surface area contributed by atoms with Crippen LogP contribution in [0.2, 0.25) is 0 Å². The number of oxime groups is 1. The lowest BCUT2D eigenvalue weighted by molar-refractivity contribution is -0.150. The topological polar surface area (TPSA) is 250 Å². The molecule has 0 aliphatic carbocycles. The molecule has 0 bridgehead atoms. The van der Waals surface area contributed by atoms with Gasteiger partial charge in [-0.1, -0.05) is 16.9 Å². The lowest BCUT2D eigenvalue weighted by Crippen LogP contribution is -2.71. The largest absolute Gasteiger partial charge is 0.478 e. The van der Waals surface area contributed by atoms with E-state index in [4.69, 9.17) is 26.8 Å². The van der Waals surface area contributed by atoms with Crippen molar-refractivity contribution in [2.24, 2.45) is 15.9 Å². The Bertz CT molecular complexity index is 1360. The fourth-order valence-corrected chi connectivity index (χ4v) is 6.86. The van der Waals surface area contributed by atoms with E-state index in [2.05, 4.69) is 20.4 Å². The van der Waals surface area contributed by atoms with Crippen molar-refractivity contribution in [2.45, 2.75) is 37.0 Å². The van der Waals surface area contributed by atoms with Crippen LogP contribution in [0.1, 0.15) is 19.0 Å². The van der Waals surface area contributed by atoms with E-state index in [-0.39, 0.29) is 39.6 Å². The number of anilines is 1. The van der Waals surface area contributed by atoms with Crippen LogP contribution in [0.4, 0.5) is 5.13 Å². The predicted octanol–water partition coefficient (Wildman–Crippen LogP) is -0.656. The highest BCUT2D eigenvalue weighted by molar-refractivity contribution is 8.14. The first-order valence-corrected chi connectivity index (χ1v) is 14.5. The predicted molar refractivity (Wildman–Crippen MR) is 149 cm³/mol. The van der Waals surface area contributed by atoms with Gasteiger partial charge >= 0.3 is 11.9 Å². The summed E-state index contributed by atoms with van der Waals surface area (Å²) in [6.45, 7) is 1.22. The Balaban J connectivity index is 1.50. The van der Waals surface area contributed by atoms with E-state index in [9.17, 15) is 24.3 Å². The Morgan fingerprint density at radius 1 is 1.40 bits per heavy atom. The van der Waals surface area contributed by atoms with Gasteiger partial charge in [-0.15, -0.1) is 23.1 Å². The van der Waals surface area contributed by atoms with Crippen molar-refractivity contribution in [3.63, 3.8) is 0 Å². The van der Waals surface area contributed by atoms with E-state index < -0.39 is 47.4 Å². The number of aliphatic carboxylic acids is 2. The zero-order valence-corrected chi connectivity index (χ0v) is 23.5. The number of hydrogen-bond acceptors (Lipinski definition) is 14. The Morgan fingerprint density at radius 2 is 2.12 bits per heavy atom. The van der Waals surface area contributed by atoms with E-state index >= 15 is 0 Å². The van der Waals surface area contributed by atoms with Gasteiger partial charge in [-0.2, -0.15) is 0 Å². The van der Waals surface area contributed by atoms with Gasteiger partial charge < -0.3 is 36.7 Å². The second kappa shape index (κ2) is 11.8. The lowest BCUT2D eigenvalue weighted by Gasteiger charge is -2.49. The van der Waals surface area contributed by atoms with Crippen molar-refractivity contribution in [2.75, 3.05) is 24.3 Å². The van der Waals surface area contributed by atoms with Crippen molar-refractivity contribution in [3.8, 4) is 0 Å². The third-order valence-corrected chi connectivity index (χ3v) is 9.12. The quantitative estimate of drug-likeness (QED) is 0.115. The highest BCUT2D eigenvalue weighted by atomic mass is 32.2. The number of thiazole rings is 1. The molecule has 0 radical (unpaired) electrons. The number of carbonyl (C=O) groups is 4. The van der Waals surface area contributed by atoms with E-state index in [0.717, 1.165) is 16.2 Å². The Hall–Kier alpha value is -3.68. The molecule has 0 spiro atoms. The van der Waals surface area contributed by atoms with Gasteiger partial charge in [0.25, 0.3) is 11.8 Å². The zero-order chi connectivity index (χ0) is 29.3. The maximum atomic E-state index is 13.1. The number of carboxylic acid groups (broad SMARTS) is 2. The number of nitrogen functional groups attached to an aromatic ring is 1. The molecule has 3 unspecified atom stereocenters. The zero-order valence-electron chi connectivity index (χ0n) is 21.1. The number of β-lactam (4-membered cyclic amide) rings is 1. The number of nitrogens with zero attached hydrogens (tertiary/aromatic N) is 5. The molecular weight excluding hydrogens is 586 g/mol. The van der Waals surface area contributed by atoms with Crippen molar-refractivity contribution in [1.82, 2.24) is 20.1 Å². The van der Waals surface area contributed by atoms with Crippen LogP contribution in [-0.4, -0.2) is 108 Å². The monoisotopic (exact) mass is 611 g/mol. The standard InChI is InChI=1S/C21H25N9O7S3/c1-7(18(33)34)37-28-12(9-6-39-20(24)25-9)15(31)27-13-16(32)30-14(19(35)36)8(4-38-17(13)30)5-40-21-26-10(22)3-11(23)29(21)2/h6-7,11,13,17,22H,3-5,23H2,1-2H3,(H2,24,25)(H,27,31)(H,33,34)(H,35,36)/t7?,11?,13?,17-/m0/s1. The molecular formula is C21H25N9O7S3. The summed E-state index contributed by atoms with van der Waals surface area (Å²) in [4.78, 5) is 65.4. The molecule has 40 heavy (non-hydrogen) atoms.